The van der Waals surface area contributed by atoms with Crippen molar-refractivity contribution in [2.45, 2.75) is 31.3 Å². The summed E-state index contributed by atoms with van der Waals surface area (Å²) in [6, 6.07) is 5.63. The van der Waals surface area contributed by atoms with E-state index in [1.54, 1.807) is 4.90 Å². The van der Waals surface area contributed by atoms with Crippen LogP contribution in [-0.4, -0.2) is 61.7 Å². The molecule has 1 saturated carbocycles. The molecule has 0 unspecified atom stereocenters. The number of benzene rings is 1. The lowest BCUT2D eigenvalue weighted by atomic mass is 10.1. The molecule has 3 rings (SSSR count). The van der Waals surface area contributed by atoms with Crippen molar-refractivity contribution in [3.63, 3.8) is 0 Å². The fourth-order valence-corrected chi connectivity index (χ4v) is 4.75. The summed E-state index contributed by atoms with van der Waals surface area (Å²) < 4.78 is 28.4. The molecule has 0 spiro atoms. The SMILES string of the molecule is O=Cc1ccc(C(=O)OCC(=O)N(C2CC2)[C@@H]2CCS(=O)(=O)C2)cc1. The maximum absolute atomic E-state index is 12.5. The van der Waals surface area contributed by atoms with Crippen molar-refractivity contribution in [3.05, 3.63) is 35.4 Å². The Balaban J connectivity index is 1.60. The van der Waals surface area contributed by atoms with Gasteiger partial charge in [0.15, 0.2) is 16.4 Å². The molecule has 134 valence electrons. The lowest BCUT2D eigenvalue weighted by Gasteiger charge is -2.28. The molecule has 2 fully saturated rings. The van der Waals surface area contributed by atoms with Crippen LogP contribution in [0.1, 0.15) is 40.0 Å². The van der Waals surface area contributed by atoms with Gasteiger partial charge in [0.25, 0.3) is 5.91 Å². The van der Waals surface area contributed by atoms with Gasteiger partial charge in [0.1, 0.15) is 6.29 Å². The van der Waals surface area contributed by atoms with E-state index < -0.39 is 22.4 Å². The van der Waals surface area contributed by atoms with E-state index in [0.717, 1.165) is 12.8 Å². The van der Waals surface area contributed by atoms with Gasteiger partial charge in [-0.3, -0.25) is 9.59 Å². The molecular formula is C17H19NO6S. The number of amides is 1. The number of ether oxygens (including phenoxy) is 1. The Morgan fingerprint density at radius 1 is 1.12 bits per heavy atom. The minimum Gasteiger partial charge on any atom is -0.452 e. The molecule has 0 aromatic heterocycles. The first kappa shape index (κ1) is 17.6. The molecule has 1 heterocycles. The zero-order valence-electron chi connectivity index (χ0n) is 13.6. The Morgan fingerprint density at radius 2 is 1.80 bits per heavy atom. The van der Waals surface area contributed by atoms with Gasteiger partial charge in [0.2, 0.25) is 0 Å². The number of rotatable bonds is 6. The van der Waals surface area contributed by atoms with Crippen molar-refractivity contribution in [2.24, 2.45) is 0 Å². The number of sulfone groups is 1. The van der Waals surface area contributed by atoms with Gasteiger partial charge in [0.05, 0.1) is 17.1 Å². The van der Waals surface area contributed by atoms with Crippen LogP contribution in [0.3, 0.4) is 0 Å². The largest absolute Gasteiger partial charge is 0.452 e. The summed E-state index contributed by atoms with van der Waals surface area (Å²) >= 11 is 0. The highest BCUT2D eigenvalue weighted by atomic mass is 32.2. The maximum atomic E-state index is 12.5. The van der Waals surface area contributed by atoms with Crippen LogP contribution in [0, 0.1) is 0 Å². The van der Waals surface area contributed by atoms with E-state index in [2.05, 4.69) is 0 Å². The fourth-order valence-electron chi connectivity index (χ4n) is 3.04. The molecule has 7 nitrogen and oxygen atoms in total. The van der Waals surface area contributed by atoms with Crippen LogP contribution in [0.2, 0.25) is 0 Å². The Hall–Kier alpha value is -2.22. The van der Waals surface area contributed by atoms with Crippen LogP contribution in [-0.2, 0) is 19.4 Å². The van der Waals surface area contributed by atoms with Crippen LogP contribution in [0.15, 0.2) is 24.3 Å². The summed E-state index contributed by atoms with van der Waals surface area (Å²) in [6.45, 7) is -0.415. The lowest BCUT2D eigenvalue weighted by Crippen LogP contribution is -2.44. The first-order chi connectivity index (χ1) is 11.9. The van der Waals surface area contributed by atoms with Gasteiger partial charge in [-0.2, -0.15) is 0 Å². The van der Waals surface area contributed by atoms with Gasteiger partial charge in [-0.1, -0.05) is 12.1 Å². The third-order valence-corrected chi connectivity index (χ3v) is 6.19. The van der Waals surface area contributed by atoms with Crippen molar-refractivity contribution in [1.29, 1.82) is 0 Å². The summed E-state index contributed by atoms with van der Waals surface area (Å²) in [4.78, 5) is 36.7. The molecule has 0 radical (unpaired) electrons. The molecule has 1 saturated heterocycles. The molecule has 1 aromatic rings. The smallest absolute Gasteiger partial charge is 0.338 e. The molecule has 1 aliphatic carbocycles. The monoisotopic (exact) mass is 365 g/mol. The van der Waals surface area contributed by atoms with Crippen molar-refractivity contribution >= 4 is 28.0 Å². The van der Waals surface area contributed by atoms with Crippen LogP contribution in [0.25, 0.3) is 0 Å². The van der Waals surface area contributed by atoms with Gasteiger partial charge in [-0.05, 0) is 31.4 Å². The number of aldehydes is 1. The topological polar surface area (TPSA) is 97.8 Å². The molecule has 0 bridgehead atoms. The Labute approximate surface area is 145 Å². The van der Waals surface area contributed by atoms with Gasteiger partial charge >= 0.3 is 5.97 Å². The molecule has 0 N–H and O–H groups in total. The zero-order valence-corrected chi connectivity index (χ0v) is 14.4. The van der Waals surface area contributed by atoms with Crippen molar-refractivity contribution in [2.75, 3.05) is 18.1 Å². The quantitative estimate of drug-likeness (QED) is 0.547. The van der Waals surface area contributed by atoms with Crippen LogP contribution in [0.4, 0.5) is 0 Å². The number of carbonyl (C=O) groups excluding carboxylic acids is 3. The highest BCUT2D eigenvalue weighted by molar-refractivity contribution is 7.91. The van der Waals surface area contributed by atoms with E-state index in [4.69, 9.17) is 4.74 Å². The number of esters is 1. The van der Waals surface area contributed by atoms with Crippen molar-refractivity contribution in [3.8, 4) is 0 Å². The van der Waals surface area contributed by atoms with Gasteiger partial charge < -0.3 is 9.64 Å². The maximum Gasteiger partial charge on any atom is 0.338 e. The van der Waals surface area contributed by atoms with Crippen LogP contribution >= 0.6 is 0 Å². The number of hydrogen-bond donors (Lipinski definition) is 0. The third-order valence-electron chi connectivity index (χ3n) is 4.44. The van der Waals surface area contributed by atoms with E-state index in [0.29, 0.717) is 18.3 Å². The van der Waals surface area contributed by atoms with E-state index in [1.807, 2.05) is 0 Å². The molecule has 1 aliphatic heterocycles. The van der Waals surface area contributed by atoms with E-state index >= 15 is 0 Å². The Kier molecular flexibility index (Phi) is 4.89. The molecule has 1 aromatic carbocycles. The summed E-state index contributed by atoms with van der Waals surface area (Å²) in [7, 11) is -3.09. The van der Waals surface area contributed by atoms with E-state index in [9.17, 15) is 22.8 Å². The van der Waals surface area contributed by atoms with Crippen molar-refractivity contribution in [1.82, 2.24) is 4.90 Å². The first-order valence-corrected chi connectivity index (χ1v) is 9.96. The lowest BCUT2D eigenvalue weighted by molar-refractivity contribution is -0.137. The second-order valence-electron chi connectivity index (χ2n) is 6.41. The standard InChI is InChI=1S/C17H19NO6S/c19-9-12-1-3-13(4-2-12)17(21)24-10-16(20)18(14-5-6-14)15-7-8-25(22,23)11-15/h1-4,9,14-15H,5-8,10-11H2/t15-/m1/s1. The van der Waals surface area contributed by atoms with Crippen LogP contribution < -0.4 is 0 Å². The van der Waals surface area contributed by atoms with Gasteiger partial charge in [-0.25, -0.2) is 13.2 Å². The van der Waals surface area contributed by atoms with Crippen LogP contribution in [0.5, 0.6) is 0 Å². The normalized spacial score (nSPS) is 21.5. The molecule has 2 aliphatic rings. The number of carbonyl (C=O) groups is 3. The zero-order chi connectivity index (χ0) is 18.0. The molecule has 1 amide bonds. The Morgan fingerprint density at radius 3 is 2.32 bits per heavy atom. The summed E-state index contributed by atoms with van der Waals surface area (Å²) in [5.74, 6) is -0.934. The summed E-state index contributed by atoms with van der Waals surface area (Å²) in [6.07, 6.45) is 2.81. The predicted molar refractivity (Wildman–Crippen MR) is 89.0 cm³/mol. The third kappa shape index (κ3) is 4.25. The first-order valence-electron chi connectivity index (χ1n) is 8.13. The second-order valence-corrected chi connectivity index (χ2v) is 8.63. The minimum absolute atomic E-state index is 0.0175. The van der Waals surface area contributed by atoms with Gasteiger partial charge in [-0.15, -0.1) is 0 Å². The van der Waals surface area contributed by atoms with E-state index in [-0.39, 0.29) is 35.1 Å². The molecular weight excluding hydrogens is 346 g/mol. The number of hydrogen-bond acceptors (Lipinski definition) is 6. The van der Waals surface area contributed by atoms with E-state index in [1.165, 1.54) is 24.3 Å². The number of nitrogens with zero attached hydrogens (tertiary/aromatic N) is 1. The average Bonchev–Trinajstić information content (AvgIpc) is 3.36. The second kappa shape index (κ2) is 6.95. The predicted octanol–water partition coefficient (Wildman–Crippen LogP) is 0.834. The molecule has 1 atom stereocenters. The highest BCUT2D eigenvalue weighted by Crippen LogP contribution is 2.32. The van der Waals surface area contributed by atoms with Crippen molar-refractivity contribution < 1.29 is 27.5 Å². The van der Waals surface area contributed by atoms with Gasteiger partial charge in [0, 0.05) is 17.6 Å². The fraction of sp³-hybridized carbons (Fsp3) is 0.471. The molecule has 8 heteroatoms. The highest BCUT2D eigenvalue weighted by Gasteiger charge is 2.42. The summed E-state index contributed by atoms with van der Waals surface area (Å²) in [5.41, 5.74) is 0.690. The Bertz CT molecular complexity index is 782. The minimum atomic E-state index is -3.09. The summed E-state index contributed by atoms with van der Waals surface area (Å²) in [5, 5.41) is 0. The molecule has 25 heavy (non-hydrogen) atoms. The average molecular weight is 365 g/mol.